The summed E-state index contributed by atoms with van der Waals surface area (Å²) in [6, 6.07) is 11.3. The predicted molar refractivity (Wildman–Crippen MR) is 401 cm³/mol. The number of benzene rings is 3. The van der Waals surface area contributed by atoms with Crippen molar-refractivity contribution < 1.29 is 114 Å². The van der Waals surface area contributed by atoms with Crippen molar-refractivity contribution in [3.05, 3.63) is 94.3 Å². The zero-order valence-corrected chi connectivity index (χ0v) is 63.4. The molecule has 0 aromatic heterocycles. The van der Waals surface area contributed by atoms with Gasteiger partial charge in [-0.1, -0.05) is 58.0 Å². The number of Topliss-reactive ketones (excluding diaryl/α,β-unsaturated/α-hetero) is 2. The molecule has 1 saturated heterocycles. The van der Waals surface area contributed by atoms with E-state index < -0.39 is 35.9 Å². The fourth-order valence-electron chi connectivity index (χ4n) is 12.4. The lowest BCUT2D eigenvalue weighted by molar-refractivity contribution is -0.482. The molecule has 2 unspecified atom stereocenters. The molecule has 0 aliphatic carbocycles. The molecule has 3 N–H and O–H groups in total. The largest absolute Gasteiger partial charge is 0.493 e. The van der Waals surface area contributed by atoms with Crippen molar-refractivity contribution in [1.82, 2.24) is 20.4 Å². The summed E-state index contributed by atoms with van der Waals surface area (Å²) in [5.41, 5.74) is 4.24. The number of carbonyl (C=O) groups excluding carboxylic acids is 9. The number of fused-ring (bicyclic) bond motifs is 4. The summed E-state index contributed by atoms with van der Waals surface area (Å²) in [5, 5.41) is 17.2. The van der Waals surface area contributed by atoms with Gasteiger partial charge in [-0.15, -0.1) is 0 Å². The van der Waals surface area contributed by atoms with Crippen LogP contribution in [0.4, 0.5) is 16.2 Å². The normalized spacial score (nSPS) is 17.0. The van der Waals surface area contributed by atoms with Crippen LogP contribution < -0.4 is 34.5 Å². The lowest BCUT2D eigenvalue weighted by atomic mass is 9.88. The Kier molecular flexibility index (Phi) is 36.2. The van der Waals surface area contributed by atoms with Gasteiger partial charge in [-0.05, 0) is 75.1 Å². The summed E-state index contributed by atoms with van der Waals surface area (Å²) in [4.78, 5) is 126. The predicted octanol–water partition coefficient (Wildman–Crippen LogP) is 7.75. The molecule has 8 rings (SSSR count). The molecule has 0 radical (unpaired) electrons. The number of ketones is 2. The van der Waals surface area contributed by atoms with Crippen molar-refractivity contribution in [1.29, 1.82) is 0 Å². The van der Waals surface area contributed by atoms with E-state index >= 15 is 0 Å². The van der Waals surface area contributed by atoms with E-state index in [0.717, 1.165) is 27.4 Å². The van der Waals surface area contributed by atoms with Gasteiger partial charge in [0.25, 0.3) is 5.91 Å². The Hall–Kier alpha value is -9.01. The van der Waals surface area contributed by atoms with E-state index in [1.165, 1.54) is 30.9 Å². The zero-order chi connectivity index (χ0) is 77.5. The molecule has 5 heterocycles. The summed E-state index contributed by atoms with van der Waals surface area (Å²) < 4.78 is 75.2. The number of nitrogens with one attached hydrogen (secondary N) is 2. The molecule has 0 spiro atoms. The number of aliphatic hydroxyl groups excluding tert-OH is 1. The minimum absolute atomic E-state index is 0. The molecule has 5 aliphatic heterocycles. The van der Waals surface area contributed by atoms with Crippen LogP contribution in [0.25, 0.3) is 0 Å². The number of anilines is 1. The van der Waals surface area contributed by atoms with Gasteiger partial charge >= 0.3 is 17.9 Å². The summed E-state index contributed by atoms with van der Waals surface area (Å²) in [6.45, 7) is 17.2. The number of aliphatic imine (C=N–C) groups is 1. The van der Waals surface area contributed by atoms with E-state index in [2.05, 4.69) is 15.6 Å². The molecule has 0 saturated carbocycles. The summed E-state index contributed by atoms with van der Waals surface area (Å²) >= 11 is 0. The van der Waals surface area contributed by atoms with Crippen LogP contribution in [-0.4, -0.2) is 249 Å². The molecule has 3 aromatic carbocycles. The molecule has 30 heteroatoms. The molecular formula is C79H110N7O23+. The van der Waals surface area contributed by atoms with E-state index in [1.807, 2.05) is 33.9 Å². The Morgan fingerprint density at radius 3 is 1.74 bits per heavy atom. The first kappa shape index (κ1) is 87.2. The minimum atomic E-state index is -0.989. The highest BCUT2D eigenvalue weighted by atomic mass is 16.6. The third-order valence-corrected chi connectivity index (χ3v) is 18.5. The number of carbonyl (C=O) groups is 9. The number of hydrogen-bond donors (Lipinski definition) is 3. The van der Waals surface area contributed by atoms with Gasteiger partial charge < -0.3 is 82.2 Å². The van der Waals surface area contributed by atoms with Gasteiger partial charge in [0.2, 0.25) is 29.7 Å². The van der Waals surface area contributed by atoms with E-state index in [1.54, 1.807) is 67.6 Å². The smallest absolute Gasteiger partial charge is 0.421 e. The van der Waals surface area contributed by atoms with E-state index in [0.29, 0.717) is 159 Å². The Labute approximate surface area is 638 Å². The summed E-state index contributed by atoms with van der Waals surface area (Å²) in [5.74, 6) is -2.36. The van der Waals surface area contributed by atoms with Gasteiger partial charge in [-0.25, -0.2) is 9.69 Å². The van der Waals surface area contributed by atoms with Crippen molar-refractivity contribution in [2.45, 2.75) is 138 Å². The zero-order valence-electron chi connectivity index (χ0n) is 63.4. The number of imide groups is 2. The Morgan fingerprint density at radius 1 is 0.633 bits per heavy atom. The highest BCUT2D eigenvalue weighted by Crippen LogP contribution is 2.41. The second-order valence-corrected chi connectivity index (χ2v) is 27.2. The first-order chi connectivity index (χ1) is 52.1. The van der Waals surface area contributed by atoms with Gasteiger partial charge in [0.05, 0.1) is 162 Å². The number of hydrogen-bond acceptors (Lipinski definition) is 23. The van der Waals surface area contributed by atoms with Gasteiger partial charge in [0, 0.05) is 94.1 Å². The maximum absolute atomic E-state index is 14.4. The number of amides is 7. The van der Waals surface area contributed by atoms with Crippen molar-refractivity contribution in [3.8, 4) is 23.0 Å². The fourth-order valence-corrected chi connectivity index (χ4v) is 12.4. The average molecular weight is 1530 g/mol. The lowest BCUT2D eigenvalue weighted by Gasteiger charge is -2.22. The number of nitrogens with zero attached hydrogens (tertiary/aromatic N) is 5. The molecule has 5 aliphatic rings. The number of methoxy groups -OCH3 is 2. The second kappa shape index (κ2) is 45.2. The average Bonchev–Trinajstić information content (AvgIpc) is 1.58. The van der Waals surface area contributed by atoms with E-state index in [4.69, 9.17) is 61.6 Å². The van der Waals surface area contributed by atoms with Crippen LogP contribution in [0, 0.1) is 17.8 Å². The Bertz CT molecular complexity index is 3710. The first-order valence-corrected chi connectivity index (χ1v) is 37.1. The summed E-state index contributed by atoms with van der Waals surface area (Å²) in [7, 11) is 2.97. The summed E-state index contributed by atoms with van der Waals surface area (Å²) in [6.07, 6.45) is 7.56. The minimum Gasteiger partial charge on any atom is -0.493 e. The molecule has 598 valence electrons. The number of likely N-dealkylation sites (tertiary alicyclic amines) is 1. The Balaban J connectivity index is 0.0000165. The van der Waals surface area contributed by atoms with Gasteiger partial charge in [-0.2, -0.15) is 4.58 Å². The number of aliphatic hydroxyl groups is 1. The van der Waals surface area contributed by atoms with Crippen LogP contribution in [-0.2, 0) is 89.2 Å². The lowest BCUT2D eigenvalue weighted by Crippen LogP contribution is -2.45. The van der Waals surface area contributed by atoms with Crippen molar-refractivity contribution >= 4 is 76.6 Å². The molecule has 3 aromatic rings. The molecule has 5 atom stereocenters. The van der Waals surface area contributed by atoms with Crippen molar-refractivity contribution in [3.63, 3.8) is 0 Å². The fraction of sp³-hybridized carbons (Fsp3) is 0.582. The van der Waals surface area contributed by atoms with Gasteiger partial charge in [0.15, 0.2) is 35.0 Å². The van der Waals surface area contributed by atoms with Gasteiger partial charge in [-0.3, -0.25) is 48.2 Å². The van der Waals surface area contributed by atoms with Crippen molar-refractivity contribution in [2.75, 3.05) is 151 Å². The highest BCUT2D eigenvalue weighted by molar-refractivity contribution is 6.18. The molecule has 109 heavy (non-hydrogen) atoms. The van der Waals surface area contributed by atoms with Crippen LogP contribution in [0.15, 0.2) is 77.1 Å². The number of ether oxygens (including phenoxy) is 13. The third-order valence-electron chi connectivity index (χ3n) is 18.5. The van der Waals surface area contributed by atoms with Crippen LogP contribution in [0.2, 0.25) is 0 Å². The number of rotatable bonds is 50. The quantitative estimate of drug-likeness (QED) is 0.0276. The van der Waals surface area contributed by atoms with Crippen LogP contribution in [0.3, 0.4) is 0 Å². The van der Waals surface area contributed by atoms with E-state index in [-0.39, 0.29) is 161 Å². The number of unbranched alkanes of at least 4 members (excludes halogenated alkanes) is 2. The van der Waals surface area contributed by atoms with Crippen LogP contribution >= 0.6 is 0 Å². The van der Waals surface area contributed by atoms with Crippen LogP contribution in [0.5, 0.6) is 23.0 Å². The van der Waals surface area contributed by atoms with Crippen molar-refractivity contribution in [2.24, 2.45) is 22.7 Å². The first-order valence-electron chi connectivity index (χ1n) is 37.1. The molecular weight excluding hydrogens is 1410 g/mol. The maximum Gasteiger partial charge on any atom is 0.421 e. The van der Waals surface area contributed by atoms with E-state index in [9.17, 15) is 48.3 Å². The molecule has 1 fully saturated rings. The maximum atomic E-state index is 14.4. The molecule has 30 nitrogen and oxygen atoms in total. The van der Waals surface area contributed by atoms with Crippen LogP contribution in [0.1, 0.15) is 134 Å². The Morgan fingerprint density at radius 2 is 1.18 bits per heavy atom. The highest BCUT2D eigenvalue weighted by Gasteiger charge is 2.48. The second-order valence-electron chi connectivity index (χ2n) is 27.2. The monoisotopic (exact) mass is 1520 g/mol. The standard InChI is InChI=1S/C78H105N7O23.CH4/c1-51(2)60(42-59(86)17-22-98-24-26-100-28-30-102-32-34-104-36-37-105-35-33-103-31-29-101-27-25-99-23-18-79-71(88)16-19-82-72(89)40-54(5)74(82)91)73(90)81-55(6)66(87)41-56-12-14-57(15-13-56)50-108-78(95)85-64-46-70(68(97-8)44-62(64)76(93)84-49-53(4)39-65(84)77(85)94)107-21-11-9-10-20-106-69-45-63-61(43-67(69)96-7)75(92)83-48-52(3)38-58(83)47-80-63;/h12-15,43-49,51,54-55,58,60,65H,9-11,16-42,50H2,1-8H3,(H2,79,81,88,90);1H4/p+1/t54?,55-,58-,60?,65-;/m0./s1. The van der Waals surface area contributed by atoms with Gasteiger partial charge in [0.1, 0.15) is 18.0 Å². The molecule has 7 amide bonds. The molecule has 0 bridgehead atoms. The SMILES string of the molecule is C.COc1cc2c(cc1OCCCCCOc1cc3c(cc1OC)C(O)=[N+]1C=C(C)C[C@H]1C(=O)N3C(=O)OCc1ccc(CC(=O)[C@H](C)NC(=O)C(CC(=O)CCOCCOCCOCCOCCOCCOCCOCCOCCNC(=O)CCN3C(=O)CC(C)C3=O)C(C)C)cc1)N=C[C@@H]1CC(C)=CN1C2=O. The topological polar surface area (TPSA) is 343 Å². The third kappa shape index (κ3) is 26.3.